The second-order valence-corrected chi connectivity index (χ2v) is 6.44. The molecule has 1 aromatic rings. The van der Waals surface area contributed by atoms with Crippen LogP contribution in [0.3, 0.4) is 0 Å². The highest BCUT2D eigenvalue weighted by Crippen LogP contribution is 2.42. The van der Waals surface area contributed by atoms with E-state index in [1.165, 1.54) is 11.0 Å². The quantitative estimate of drug-likeness (QED) is 0.774. The number of hydrogen-bond acceptors (Lipinski definition) is 6. The number of rotatable bonds is 4. The number of hydrogen-bond donors (Lipinski definition) is 1. The zero-order chi connectivity index (χ0) is 19.1. The van der Waals surface area contributed by atoms with E-state index < -0.39 is 42.1 Å². The van der Waals surface area contributed by atoms with E-state index in [1.807, 2.05) is 6.07 Å². The van der Waals surface area contributed by atoms with Crippen LogP contribution in [0, 0.1) is 5.92 Å². The molecule has 1 N–H and O–H groups in total. The van der Waals surface area contributed by atoms with Crippen LogP contribution in [0.4, 0.5) is 4.79 Å². The molecule has 140 valence electrons. The second kappa shape index (κ2) is 6.51. The number of nitrogens with zero attached hydrogens (tertiary/aromatic N) is 2. The fourth-order valence-electron chi connectivity index (χ4n) is 3.65. The van der Waals surface area contributed by atoms with E-state index in [2.05, 4.69) is 0 Å². The maximum absolute atomic E-state index is 12.5. The summed E-state index contributed by atoms with van der Waals surface area (Å²) in [6.07, 6.45) is -0.184. The highest BCUT2D eigenvalue weighted by Gasteiger charge is 2.60. The van der Waals surface area contributed by atoms with E-state index in [9.17, 15) is 19.2 Å². The number of carboxylic acids is 1. The smallest absolute Gasteiger partial charge is 0.419 e. The normalized spacial score (nSPS) is 26.5. The SMILES string of the molecule is O=C(O)C1=CC[C@H]2C(C3OCC(=O)N3C(=O)OCc3ccccc3)C(=O)N12. The molecule has 9 nitrogen and oxygen atoms in total. The van der Waals surface area contributed by atoms with Gasteiger partial charge in [-0.2, -0.15) is 0 Å². The molecule has 2 fully saturated rings. The van der Waals surface area contributed by atoms with Crippen molar-refractivity contribution in [2.45, 2.75) is 25.3 Å². The van der Waals surface area contributed by atoms with Crippen LogP contribution in [-0.2, 0) is 30.5 Å². The number of carbonyl (C=O) groups is 4. The topological polar surface area (TPSA) is 113 Å². The first kappa shape index (κ1) is 17.2. The molecule has 0 spiro atoms. The first-order valence-corrected chi connectivity index (χ1v) is 8.40. The van der Waals surface area contributed by atoms with Crippen LogP contribution < -0.4 is 0 Å². The largest absolute Gasteiger partial charge is 0.477 e. The molecule has 0 bridgehead atoms. The fraction of sp³-hybridized carbons (Fsp3) is 0.333. The number of amides is 3. The average molecular weight is 372 g/mol. The van der Waals surface area contributed by atoms with Crippen LogP contribution in [-0.4, -0.2) is 57.7 Å². The number of imide groups is 1. The van der Waals surface area contributed by atoms with Gasteiger partial charge < -0.3 is 19.5 Å². The molecule has 9 heteroatoms. The van der Waals surface area contributed by atoms with Crippen molar-refractivity contribution in [3.05, 3.63) is 47.7 Å². The molecule has 4 rings (SSSR count). The molecule has 2 saturated heterocycles. The van der Waals surface area contributed by atoms with Crippen LogP contribution in [0.1, 0.15) is 12.0 Å². The summed E-state index contributed by atoms with van der Waals surface area (Å²) in [4.78, 5) is 50.2. The standard InChI is InChI=1S/C18H16N2O7/c21-13-9-26-16(14-11-6-7-12(17(23)24)19(11)15(14)22)20(13)18(25)27-8-10-4-2-1-3-5-10/h1-5,7,11,14,16H,6,8-9H2,(H,23,24)/t11-,14?,16?/m0/s1. The highest BCUT2D eigenvalue weighted by atomic mass is 16.6. The monoisotopic (exact) mass is 372 g/mol. The van der Waals surface area contributed by atoms with Gasteiger partial charge in [-0.15, -0.1) is 0 Å². The lowest BCUT2D eigenvalue weighted by molar-refractivity contribution is -0.168. The maximum atomic E-state index is 12.5. The van der Waals surface area contributed by atoms with Gasteiger partial charge >= 0.3 is 12.1 Å². The van der Waals surface area contributed by atoms with Gasteiger partial charge in [-0.1, -0.05) is 36.4 Å². The molecule has 3 heterocycles. The molecule has 1 aromatic carbocycles. The Balaban J connectivity index is 1.46. The van der Waals surface area contributed by atoms with Crippen molar-refractivity contribution in [3.8, 4) is 0 Å². The predicted octanol–water partition coefficient (Wildman–Crippen LogP) is 0.707. The molecule has 3 atom stereocenters. The van der Waals surface area contributed by atoms with Crippen molar-refractivity contribution < 1.29 is 33.8 Å². The number of ether oxygens (including phenoxy) is 2. The number of carboxylic acid groups (broad SMARTS) is 1. The lowest BCUT2D eigenvalue weighted by atomic mass is 9.85. The summed E-state index contributed by atoms with van der Waals surface area (Å²) in [6, 6.07) is 8.53. The molecule has 27 heavy (non-hydrogen) atoms. The van der Waals surface area contributed by atoms with Gasteiger partial charge in [0.1, 0.15) is 24.8 Å². The van der Waals surface area contributed by atoms with Gasteiger partial charge in [0, 0.05) is 0 Å². The summed E-state index contributed by atoms with van der Waals surface area (Å²) in [5.74, 6) is -3.05. The number of fused-ring (bicyclic) bond motifs is 1. The lowest BCUT2D eigenvalue weighted by Gasteiger charge is -2.46. The van der Waals surface area contributed by atoms with Gasteiger partial charge in [0.05, 0.1) is 6.04 Å². The van der Waals surface area contributed by atoms with Gasteiger partial charge in [0.2, 0.25) is 5.91 Å². The Morgan fingerprint density at radius 3 is 2.67 bits per heavy atom. The number of β-lactam (4-membered cyclic amide) rings is 1. The Morgan fingerprint density at radius 2 is 1.96 bits per heavy atom. The maximum Gasteiger partial charge on any atom is 0.419 e. The minimum atomic E-state index is -1.19. The van der Waals surface area contributed by atoms with Crippen molar-refractivity contribution in [1.29, 1.82) is 0 Å². The molecule has 3 amide bonds. The molecule has 3 aliphatic rings. The number of carbonyl (C=O) groups excluding carboxylic acids is 3. The van der Waals surface area contributed by atoms with Gasteiger partial charge in [-0.05, 0) is 12.0 Å². The summed E-state index contributed by atoms with van der Waals surface area (Å²) in [5, 5.41) is 9.13. The minimum absolute atomic E-state index is 0.0188. The van der Waals surface area contributed by atoms with Gasteiger partial charge in [-0.25, -0.2) is 14.5 Å². The zero-order valence-corrected chi connectivity index (χ0v) is 14.1. The van der Waals surface area contributed by atoms with E-state index in [4.69, 9.17) is 14.6 Å². The van der Waals surface area contributed by atoms with Crippen molar-refractivity contribution in [2.75, 3.05) is 6.61 Å². The first-order valence-electron chi connectivity index (χ1n) is 8.40. The molecule has 3 aliphatic heterocycles. The Labute approximate surface area is 153 Å². The molecule has 0 radical (unpaired) electrons. The van der Waals surface area contributed by atoms with Crippen molar-refractivity contribution in [3.63, 3.8) is 0 Å². The van der Waals surface area contributed by atoms with Crippen LogP contribution in [0.5, 0.6) is 0 Å². The highest BCUT2D eigenvalue weighted by molar-refractivity contribution is 6.00. The summed E-state index contributed by atoms with van der Waals surface area (Å²) >= 11 is 0. The van der Waals surface area contributed by atoms with E-state index >= 15 is 0 Å². The van der Waals surface area contributed by atoms with Crippen LogP contribution >= 0.6 is 0 Å². The Kier molecular flexibility index (Phi) is 4.15. The van der Waals surface area contributed by atoms with Gasteiger partial charge in [-0.3, -0.25) is 9.59 Å². The van der Waals surface area contributed by atoms with Crippen LogP contribution in [0.15, 0.2) is 42.1 Å². The third-order valence-electron chi connectivity index (χ3n) is 4.91. The molecular formula is C18H16N2O7. The van der Waals surface area contributed by atoms with E-state index in [1.54, 1.807) is 24.3 Å². The molecular weight excluding hydrogens is 356 g/mol. The Morgan fingerprint density at radius 1 is 1.22 bits per heavy atom. The van der Waals surface area contributed by atoms with Gasteiger partial charge in [0.15, 0.2) is 6.23 Å². The summed E-state index contributed by atoms with van der Waals surface area (Å²) < 4.78 is 10.6. The summed E-state index contributed by atoms with van der Waals surface area (Å²) in [7, 11) is 0. The van der Waals surface area contributed by atoms with E-state index in [0.29, 0.717) is 6.42 Å². The minimum Gasteiger partial charge on any atom is -0.477 e. The van der Waals surface area contributed by atoms with E-state index in [0.717, 1.165) is 10.5 Å². The molecule has 0 aromatic heterocycles. The van der Waals surface area contributed by atoms with Crippen LogP contribution in [0.25, 0.3) is 0 Å². The number of benzene rings is 1. The lowest BCUT2D eigenvalue weighted by Crippen LogP contribution is -2.65. The zero-order valence-electron chi connectivity index (χ0n) is 14.1. The second-order valence-electron chi connectivity index (χ2n) is 6.44. The fourth-order valence-corrected chi connectivity index (χ4v) is 3.65. The van der Waals surface area contributed by atoms with Crippen molar-refractivity contribution in [1.82, 2.24) is 9.80 Å². The number of aliphatic carboxylic acids is 1. The summed E-state index contributed by atoms with van der Waals surface area (Å²) in [6.45, 7) is -0.351. The Bertz CT molecular complexity index is 851. The third-order valence-corrected chi connectivity index (χ3v) is 4.91. The van der Waals surface area contributed by atoms with Crippen molar-refractivity contribution >= 4 is 23.9 Å². The molecule has 0 saturated carbocycles. The molecule has 2 unspecified atom stereocenters. The van der Waals surface area contributed by atoms with Crippen LogP contribution in [0.2, 0.25) is 0 Å². The molecule has 0 aliphatic carbocycles. The predicted molar refractivity (Wildman–Crippen MR) is 87.7 cm³/mol. The Hall–Kier alpha value is -3.20. The van der Waals surface area contributed by atoms with E-state index in [-0.39, 0.29) is 18.9 Å². The van der Waals surface area contributed by atoms with Gasteiger partial charge in [0.25, 0.3) is 5.91 Å². The first-order chi connectivity index (χ1) is 13.0. The third kappa shape index (κ3) is 2.76. The van der Waals surface area contributed by atoms with Crippen molar-refractivity contribution in [2.24, 2.45) is 5.92 Å². The summed E-state index contributed by atoms with van der Waals surface area (Å²) in [5.41, 5.74) is 0.677. The average Bonchev–Trinajstić information content (AvgIpc) is 3.22.